The molecule has 0 atom stereocenters. The first-order chi connectivity index (χ1) is 4.74. The Bertz CT molecular complexity index is 255. The van der Waals surface area contributed by atoms with Crippen molar-refractivity contribution in [1.29, 1.82) is 0 Å². The van der Waals surface area contributed by atoms with Crippen LogP contribution in [-0.2, 0) is 0 Å². The van der Waals surface area contributed by atoms with Crippen molar-refractivity contribution in [1.82, 2.24) is 0 Å². The lowest BCUT2D eigenvalue weighted by Gasteiger charge is -1.94. The number of halogens is 2. The van der Waals surface area contributed by atoms with Crippen LogP contribution in [0.3, 0.4) is 0 Å². The number of rotatable bonds is 1. The van der Waals surface area contributed by atoms with E-state index in [2.05, 4.69) is 6.58 Å². The van der Waals surface area contributed by atoms with Gasteiger partial charge < -0.3 is 0 Å². The van der Waals surface area contributed by atoms with Crippen molar-refractivity contribution in [2.45, 2.75) is 0 Å². The molecule has 0 aromatic heterocycles. The highest BCUT2D eigenvalue weighted by molar-refractivity contribution is 6.30. The fourth-order valence-electron chi connectivity index (χ4n) is 0.671. The SMILES string of the molecule is C=Cc1cc(Cl)ccc1F. The van der Waals surface area contributed by atoms with E-state index in [-0.39, 0.29) is 5.82 Å². The maximum absolute atomic E-state index is 12.6. The van der Waals surface area contributed by atoms with Crippen LogP contribution in [0.25, 0.3) is 6.08 Å². The number of benzene rings is 1. The van der Waals surface area contributed by atoms with Gasteiger partial charge in [0.2, 0.25) is 0 Å². The maximum atomic E-state index is 12.6. The molecule has 0 spiro atoms. The van der Waals surface area contributed by atoms with Crippen molar-refractivity contribution >= 4 is 17.7 Å². The standard InChI is InChI=1S/C8H6ClF/c1-2-6-5-7(9)3-4-8(6)10/h2-5H,1H2. The zero-order valence-corrected chi connectivity index (χ0v) is 6.03. The zero-order chi connectivity index (χ0) is 7.56. The summed E-state index contributed by atoms with van der Waals surface area (Å²) in [6.45, 7) is 3.43. The monoisotopic (exact) mass is 156 g/mol. The lowest BCUT2D eigenvalue weighted by atomic mass is 10.2. The predicted octanol–water partition coefficient (Wildman–Crippen LogP) is 3.12. The minimum atomic E-state index is -0.292. The largest absolute Gasteiger partial charge is 0.206 e. The van der Waals surface area contributed by atoms with Crippen LogP contribution >= 0.6 is 11.6 Å². The fourth-order valence-corrected chi connectivity index (χ4v) is 0.852. The minimum Gasteiger partial charge on any atom is -0.206 e. The van der Waals surface area contributed by atoms with Gasteiger partial charge in [0.15, 0.2) is 0 Å². The van der Waals surface area contributed by atoms with Gasteiger partial charge in [-0.25, -0.2) is 4.39 Å². The van der Waals surface area contributed by atoms with Crippen molar-refractivity contribution in [3.05, 3.63) is 41.2 Å². The summed E-state index contributed by atoms with van der Waals surface area (Å²) in [7, 11) is 0. The van der Waals surface area contributed by atoms with Gasteiger partial charge in [0.05, 0.1) is 0 Å². The Labute approximate surface area is 63.9 Å². The summed E-state index contributed by atoms with van der Waals surface area (Å²) in [5.74, 6) is -0.292. The molecule has 0 amide bonds. The van der Waals surface area contributed by atoms with E-state index in [0.29, 0.717) is 10.6 Å². The molecule has 0 N–H and O–H groups in total. The van der Waals surface area contributed by atoms with Crippen molar-refractivity contribution in [2.24, 2.45) is 0 Å². The van der Waals surface area contributed by atoms with E-state index < -0.39 is 0 Å². The Morgan fingerprint density at radius 3 is 2.70 bits per heavy atom. The van der Waals surface area contributed by atoms with Gasteiger partial charge in [-0.3, -0.25) is 0 Å². The highest BCUT2D eigenvalue weighted by Crippen LogP contribution is 2.15. The molecule has 0 saturated heterocycles. The topological polar surface area (TPSA) is 0 Å². The van der Waals surface area contributed by atoms with Crippen LogP contribution in [0.5, 0.6) is 0 Å². The normalized spacial score (nSPS) is 9.40. The van der Waals surface area contributed by atoms with Gasteiger partial charge in [-0.15, -0.1) is 0 Å². The lowest BCUT2D eigenvalue weighted by molar-refractivity contribution is 0.625. The summed E-state index contributed by atoms with van der Waals surface area (Å²) >= 11 is 5.58. The Morgan fingerprint density at radius 2 is 2.20 bits per heavy atom. The molecule has 0 unspecified atom stereocenters. The Balaban J connectivity index is 3.21. The second-order valence-electron chi connectivity index (χ2n) is 1.87. The molecule has 0 aliphatic heterocycles. The molecule has 2 heteroatoms. The summed E-state index contributed by atoms with van der Waals surface area (Å²) in [5.41, 5.74) is 0.438. The Hall–Kier alpha value is -0.820. The van der Waals surface area contributed by atoms with Crippen LogP contribution in [0.4, 0.5) is 4.39 Å². The Morgan fingerprint density at radius 1 is 1.50 bits per heavy atom. The van der Waals surface area contributed by atoms with E-state index in [1.807, 2.05) is 0 Å². The summed E-state index contributed by atoms with van der Waals surface area (Å²) in [4.78, 5) is 0. The third kappa shape index (κ3) is 1.36. The number of hydrogen-bond acceptors (Lipinski definition) is 0. The van der Waals surface area contributed by atoms with Crippen LogP contribution in [0, 0.1) is 5.82 Å². The van der Waals surface area contributed by atoms with E-state index in [1.54, 1.807) is 0 Å². The first kappa shape index (κ1) is 7.29. The van der Waals surface area contributed by atoms with Gasteiger partial charge >= 0.3 is 0 Å². The van der Waals surface area contributed by atoms with E-state index in [9.17, 15) is 4.39 Å². The molecule has 0 bridgehead atoms. The number of hydrogen-bond donors (Lipinski definition) is 0. The van der Waals surface area contributed by atoms with Crippen molar-refractivity contribution in [3.8, 4) is 0 Å². The van der Waals surface area contributed by atoms with E-state index in [1.165, 1.54) is 24.3 Å². The molecule has 1 aromatic carbocycles. The van der Waals surface area contributed by atoms with Crippen LogP contribution in [-0.4, -0.2) is 0 Å². The molecule has 1 rings (SSSR count). The van der Waals surface area contributed by atoms with Crippen molar-refractivity contribution in [2.75, 3.05) is 0 Å². The molecule has 10 heavy (non-hydrogen) atoms. The van der Waals surface area contributed by atoms with Crippen LogP contribution in [0.2, 0.25) is 5.02 Å². The molecular weight excluding hydrogens is 151 g/mol. The molecular formula is C8H6ClF. The van der Waals surface area contributed by atoms with E-state index >= 15 is 0 Å². The average molecular weight is 157 g/mol. The molecule has 52 valence electrons. The van der Waals surface area contributed by atoms with Crippen molar-refractivity contribution < 1.29 is 4.39 Å². The molecule has 0 saturated carbocycles. The first-order valence-corrected chi connectivity index (χ1v) is 3.19. The van der Waals surface area contributed by atoms with E-state index in [0.717, 1.165) is 0 Å². The summed E-state index contributed by atoms with van der Waals surface area (Å²) in [6.07, 6.45) is 1.43. The van der Waals surface area contributed by atoms with E-state index in [4.69, 9.17) is 11.6 Å². The Kier molecular flexibility index (Phi) is 2.07. The van der Waals surface area contributed by atoms with Gasteiger partial charge in [-0.05, 0) is 18.2 Å². The average Bonchev–Trinajstić information content (AvgIpc) is 1.94. The maximum Gasteiger partial charge on any atom is 0.130 e. The fraction of sp³-hybridized carbons (Fsp3) is 0. The van der Waals surface area contributed by atoms with Crippen LogP contribution in [0.1, 0.15) is 5.56 Å². The third-order valence-electron chi connectivity index (χ3n) is 1.18. The molecule has 0 nitrogen and oxygen atoms in total. The smallest absolute Gasteiger partial charge is 0.130 e. The molecule has 0 fully saturated rings. The molecule has 0 aliphatic rings. The lowest BCUT2D eigenvalue weighted by Crippen LogP contribution is -1.79. The molecule has 0 heterocycles. The van der Waals surface area contributed by atoms with Crippen molar-refractivity contribution in [3.63, 3.8) is 0 Å². The van der Waals surface area contributed by atoms with Gasteiger partial charge in [0.25, 0.3) is 0 Å². The molecule has 1 aromatic rings. The highest BCUT2D eigenvalue weighted by Gasteiger charge is 1.96. The molecule has 0 radical (unpaired) electrons. The highest BCUT2D eigenvalue weighted by atomic mass is 35.5. The second kappa shape index (κ2) is 2.84. The summed E-state index contributed by atoms with van der Waals surface area (Å²) < 4.78 is 12.6. The quantitative estimate of drug-likeness (QED) is 0.586. The van der Waals surface area contributed by atoms with Gasteiger partial charge in [-0.1, -0.05) is 24.3 Å². The van der Waals surface area contributed by atoms with Gasteiger partial charge in [0.1, 0.15) is 5.82 Å². The third-order valence-corrected chi connectivity index (χ3v) is 1.41. The second-order valence-corrected chi connectivity index (χ2v) is 2.31. The predicted molar refractivity (Wildman–Crippen MR) is 41.5 cm³/mol. The minimum absolute atomic E-state index is 0.292. The van der Waals surface area contributed by atoms with Gasteiger partial charge in [0, 0.05) is 10.6 Å². The van der Waals surface area contributed by atoms with Crippen LogP contribution in [0.15, 0.2) is 24.8 Å². The van der Waals surface area contributed by atoms with Gasteiger partial charge in [-0.2, -0.15) is 0 Å². The summed E-state index contributed by atoms with van der Waals surface area (Å²) in [5, 5.41) is 0.524. The summed E-state index contributed by atoms with van der Waals surface area (Å²) in [6, 6.07) is 4.35. The first-order valence-electron chi connectivity index (χ1n) is 2.81. The van der Waals surface area contributed by atoms with Crippen LogP contribution < -0.4 is 0 Å². The molecule has 0 aliphatic carbocycles. The zero-order valence-electron chi connectivity index (χ0n) is 5.27.